The van der Waals surface area contributed by atoms with Crippen molar-refractivity contribution < 1.29 is 9.53 Å². The van der Waals surface area contributed by atoms with Crippen LogP contribution in [-0.4, -0.2) is 27.2 Å². The maximum atomic E-state index is 13.3. The van der Waals surface area contributed by atoms with Crippen molar-refractivity contribution >= 4 is 39.4 Å². The first-order valence-electron chi connectivity index (χ1n) is 10.3. The van der Waals surface area contributed by atoms with Crippen molar-refractivity contribution in [2.75, 3.05) is 6.61 Å². The predicted molar refractivity (Wildman–Crippen MR) is 119 cm³/mol. The molecule has 0 radical (unpaired) electrons. The minimum absolute atomic E-state index is 0.00771. The van der Waals surface area contributed by atoms with Gasteiger partial charge in [-0.1, -0.05) is 6.07 Å². The van der Waals surface area contributed by atoms with Crippen LogP contribution in [0.1, 0.15) is 47.8 Å². The third-order valence-electron chi connectivity index (χ3n) is 5.92. The highest BCUT2D eigenvalue weighted by molar-refractivity contribution is 7.17. The third-order valence-corrected chi connectivity index (χ3v) is 6.98. The zero-order valence-corrected chi connectivity index (χ0v) is 17.9. The van der Waals surface area contributed by atoms with Crippen LogP contribution < -0.4 is 5.56 Å². The number of aldehydes is 1. The average molecular weight is 422 g/mol. The average Bonchev–Trinajstić information content (AvgIpc) is 3.40. The molecule has 4 heterocycles. The Balaban J connectivity index is 1.79. The van der Waals surface area contributed by atoms with E-state index in [-0.39, 0.29) is 11.8 Å². The maximum Gasteiger partial charge on any atom is 0.262 e. The number of carbonyl (C=O) groups is 1. The smallest absolute Gasteiger partial charge is 0.262 e. The molecule has 0 bridgehead atoms. The van der Waals surface area contributed by atoms with Gasteiger partial charge >= 0.3 is 0 Å². The lowest BCUT2D eigenvalue weighted by Gasteiger charge is -2.23. The van der Waals surface area contributed by atoms with Crippen LogP contribution in [0.4, 0.5) is 0 Å². The zero-order valence-electron chi connectivity index (χ0n) is 17.1. The summed E-state index contributed by atoms with van der Waals surface area (Å²) in [7, 11) is 0. The minimum Gasteiger partial charge on any atom is -0.357 e. The van der Waals surface area contributed by atoms with Gasteiger partial charge in [-0.05, 0) is 62.9 Å². The number of carbonyl (C=O) groups excluding carboxylic acids is 1. The SMILES string of the molecule is CCn1c(=O)c2c(C)n(C3CCCCO3)nc2c2cc(-c3ccc(C=O)s3)ccc21. The number of ether oxygens (including phenoxy) is 1. The summed E-state index contributed by atoms with van der Waals surface area (Å²) in [5, 5.41) is 6.49. The van der Waals surface area contributed by atoms with E-state index in [0.717, 1.165) is 64.7 Å². The van der Waals surface area contributed by atoms with E-state index >= 15 is 0 Å². The molecule has 0 aliphatic carbocycles. The van der Waals surface area contributed by atoms with Crippen LogP contribution in [0.5, 0.6) is 0 Å². The van der Waals surface area contributed by atoms with Gasteiger partial charge in [0.25, 0.3) is 5.56 Å². The molecule has 0 saturated carbocycles. The Kier molecular flexibility index (Phi) is 4.79. The van der Waals surface area contributed by atoms with Crippen LogP contribution >= 0.6 is 11.3 Å². The van der Waals surface area contributed by atoms with Crippen molar-refractivity contribution in [1.29, 1.82) is 0 Å². The summed E-state index contributed by atoms with van der Waals surface area (Å²) >= 11 is 1.46. The van der Waals surface area contributed by atoms with Crippen LogP contribution in [0.3, 0.4) is 0 Å². The summed E-state index contributed by atoms with van der Waals surface area (Å²) in [6, 6.07) is 9.87. The molecule has 6 nitrogen and oxygen atoms in total. The van der Waals surface area contributed by atoms with Gasteiger partial charge in [0.05, 0.1) is 21.5 Å². The Morgan fingerprint density at radius 2 is 2.13 bits per heavy atom. The molecule has 0 N–H and O–H groups in total. The van der Waals surface area contributed by atoms with Gasteiger partial charge in [-0.25, -0.2) is 4.68 Å². The summed E-state index contributed by atoms with van der Waals surface area (Å²) in [5.41, 5.74) is 3.47. The van der Waals surface area contributed by atoms with E-state index in [2.05, 4.69) is 6.07 Å². The Hall–Kier alpha value is -2.77. The van der Waals surface area contributed by atoms with Gasteiger partial charge in [0.15, 0.2) is 6.29 Å². The van der Waals surface area contributed by atoms with Crippen LogP contribution in [0.25, 0.3) is 32.2 Å². The number of pyridine rings is 1. The van der Waals surface area contributed by atoms with Gasteiger partial charge in [0, 0.05) is 23.4 Å². The second-order valence-electron chi connectivity index (χ2n) is 7.68. The number of nitrogens with zero attached hydrogens (tertiary/aromatic N) is 3. The molecule has 4 aromatic rings. The molecule has 1 atom stereocenters. The number of fused-ring (bicyclic) bond motifs is 3. The maximum absolute atomic E-state index is 13.3. The largest absolute Gasteiger partial charge is 0.357 e. The van der Waals surface area contributed by atoms with Gasteiger partial charge in [-0.15, -0.1) is 11.3 Å². The lowest BCUT2D eigenvalue weighted by molar-refractivity contribution is -0.0402. The predicted octanol–water partition coefficient (Wildman–Crippen LogP) is 4.92. The first kappa shape index (κ1) is 19.2. The zero-order chi connectivity index (χ0) is 20.8. The van der Waals surface area contributed by atoms with Crippen molar-refractivity contribution in [3.8, 4) is 10.4 Å². The van der Waals surface area contributed by atoms with Crippen molar-refractivity contribution in [1.82, 2.24) is 14.3 Å². The highest BCUT2D eigenvalue weighted by Gasteiger charge is 2.24. The minimum atomic E-state index is -0.119. The highest BCUT2D eigenvalue weighted by Crippen LogP contribution is 2.34. The molecule has 1 aliphatic heterocycles. The third kappa shape index (κ3) is 2.92. The number of aryl methyl sites for hydroxylation is 2. The molecule has 154 valence electrons. The molecule has 0 spiro atoms. The standard InChI is InChI=1S/C23H23N3O3S/c1-3-25-18-9-7-15(19-10-8-16(13-27)30-19)12-17(18)22-21(23(25)28)14(2)26(24-22)20-6-4-5-11-29-20/h7-10,12-13,20H,3-6,11H2,1-2H3. The molecule has 5 rings (SSSR count). The second kappa shape index (κ2) is 7.49. The number of benzene rings is 1. The number of aromatic nitrogens is 3. The van der Waals surface area contributed by atoms with Gasteiger partial charge in [0.1, 0.15) is 11.7 Å². The Labute approximate surface area is 177 Å². The number of rotatable bonds is 4. The topological polar surface area (TPSA) is 66.1 Å². The highest BCUT2D eigenvalue weighted by atomic mass is 32.1. The van der Waals surface area contributed by atoms with Crippen molar-refractivity contribution in [3.05, 3.63) is 51.3 Å². The van der Waals surface area contributed by atoms with Crippen molar-refractivity contribution in [2.24, 2.45) is 0 Å². The molecule has 1 aromatic carbocycles. The van der Waals surface area contributed by atoms with E-state index < -0.39 is 0 Å². The molecule has 1 fully saturated rings. The summed E-state index contributed by atoms with van der Waals surface area (Å²) < 4.78 is 9.66. The Morgan fingerprint density at radius 3 is 2.83 bits per heavy atom. The second-order valence-corrected chi connectivity index (χ2v) is 8.79. The van der Waals surface area contributed by atoms with Crippen LogP contribution in [0.2, 0.25) is 0 Å². The molecule has 1 saturated heterocycles. The van der Waals surface area contributed by atoms with E-state index in [4.69, 9.17) is 9.84 Å². The quantitative estimate of drug-likeness (QED) is 0.439. The van der Waals surface area contributed by atoms with E-state index in [9.17, 15) is 9.59 Å². The fourth-order valence-electron chi connectivity index (χ4n) is 4.40. The fourth-order valence-corrected chi connectivity index (χ4v) is 5.22. The summed E-state index contributed by atoms with van der Waals surface area (Å²) in [4.78, 5) is 26.1. The lowest BCUT2D eigenvalue weighted by Crippen LogP contribution is -2.21. The summed E-state index contributed by atoms with van der Waals surface area (Å²) in [6.07, 6.45) is 3.82. The van der Waals surface area contributed by atoms with E-state index in [1.54, 1.807) is 0 Å². The molecule has 1 aliphatic rings. The van der Waals surface area contributed by atoms with Crippen molar-refractivity contribution in [2.45, 2.75) is 45.9 Å². The Bertz CT molecular complexity index is 1330. The van der Waals surface area contributed by atoms with Crippen LogP contribution in [0.15, 0.2) is 35.1 Å². The Morgan fingerprint density at radius 1 is 1.27 bits per heavy atom. The first-order chi connectivity index (χ1) is 14.6. The normalized spacial score (nSPS) is 17.1. The van der Waals surface area contributed by atoms with Gasteiger partial charge < -0.3 is 9.30 Å². The lowest BCUT2D eigenvalue weighted by atomic mass is 10.1. The van der Waals surface area contributed by atoms with Crippen molar-refractivity contribution in [3.63, 3.8) is 0 Å². The van der Waals surface area contributed by atoms with E-state index in [0.29, 0.717) is 16.8 Å². The fraction of sp³-hybridized carbons (Fsp3) is 0.348. The first-order valence-corrected chi connectivity index (χ1v) is 11.2. The molecule has 7 heteroatoms. The number of hydrogen-bond acceptors (Lipinski definition) is 5. The van der Waals surface area contributed by atoms with Crippen LogP contribution in [0, 0.1) is 6.92 Å². The molecule has 3 aromatic heterocycles. The summed E-state index contributed by atoms with van der Waals surface area (Å²) in [5.74, 6) is 0. The molecule has 1 unspecified atom stereocenters. The molecule has 30 heavy (non-hydrogen) atoms. The number of thiophene rings is 1. The molecular weight excluding hydrogens is 398 g/mol. The molecule has 0 amide bonds. The van der Waals surface area contributed by atoms with E-state index in [1.807, 2.05) is 47.4 Å². The van der Waals surface area contributed by atoms with Gasteiger partial charge in [-0.2, -0.15) is 5.10 Å². The van der Waals surface area contributed by atoms with E-state index in [1.165, 1.54) is 11.3 Å². The molecular formula is C23H23N3O3S. The monoisotopic (exact) mass is 421 g/mol. The number of hydrogen-bond donors (Lipinski definition) is 0. The van der Waals surface area contributed by atoms with Crippen LogP contribution in [-0.2, 0) is 11.3 Å². The summed E-state index contributed by atoms with van der Waals surface area (Å²) in [6.45, 7) is 5.26. The van der Waals surface area contributed by atoms with Gasteiger partial charge in [-0.3, -0.25) is 9.59 Å². The van der Waals surface area contributed by atoms with Gasteiger partial charge in [0.2, 0.25) is 0 Å².